The number of hydrogen-bond acceptors (Lipinski definition) is 10. The standard InChI is InChI=1S/C29H34FN11O2/c30-24-17(9-12-22-23(24)26(33)39-29(34)38-22)6-3-16-4-7-18(8-5-16)27(42)36-13-1-2-14-37-28(43)20-11-10-19(31)15-21(20)25(32)40-41-35/h4-5,7-12,15,41H,1-3,6,13-14,31,35H2,(H2,32,40)(H,36,42)(H,37,43)(H4,33,34,38,39). The summed E-state index contributed by atoms with van der Waals surface area (Å²) in [7, 11) is 0. The molecule has 0 unspecified atom stereocenters. The van der Waals surface area contributed by atoms with Crippen LogP contribution in [0.15, 0.2) is 59.7 Å². The summed E-state index contributed by atoms with van der Waals surface area (Å²) in [5.74, 6) is 4.21. The van der Waals surface area contributed by atoms with E-state index in [0.717, 1.165) is 5.56 Å². The molecule has 14 heteroatoms. The van der Waals surface area contributed by atoms with Gasteiger partial charge in [-0.15, -0.1) is 5.10 Å². The van der Waals surface area contributed by atoms with Crippen molar-refractivity contribution in [3.63, 3.8) is 0 Å². The van der Waals surface area contributed by atoms with Gasteiger partial charge in [-0.1, -0.05) is 18.2 Å². The van der Waals surface area contributed by atoms with Gasteiger partial charge in [-0.3, -0.25) is 9.59 Å². The van der Waals surface area contributed by atoms with E-state index in [4.69, 9.17) is 28.8 Å². The molecule has 0 fully saturated rings. The van der Waals surface area contributed by atoms with Gasteiger partial charge < -0.3 is 33.6 Å². The number of nitrogens with two attached hydrogens (primary N) is 5. The van der Waals surface area contributed by atoms with E-state index in [-0.39, 0.29) is 34.8 Å². The Bertz CT molecular complexity index is 1660. The Labute approximate surface area is 247 Å². The Balaban J connectivity index is 1.21. The number of carbonyl (C=O) groups is 2. The number of hydrazone groups is 1. The summed E-state index contributed by atoms with van der Waals surface area (Å²) in [6.45, 7) is 0.829. The minimum Gasteiger partial charge on any atom is -0.399 e. The van der Waals surface area contributed by atoms with Crippen LogP contribution < -0.4 is 44.9 Å². The summed E-state index contributed by atoms with van der Waals surface area (Å²) in [6, 6.07) is 15.2. The van der Waals surface area contributed by atoms with Crippen LogP contribution >= 0.6 is 0 Å². The summed E-state index contributed by atoms with van der Waals surface area (Å²) < 4.78 is 15.0. The number of hydrogen-bond donors (Lipinski definition) is 8. The summed E-state index contributed by atoms with van der Waals surface area (Å²) in [6.07, 6.45) is 2.28. The molecule has 13 N–H and O–H groups in total. The lowest BCUT2D eigenvalue weighted by atomic mass is 10.0. The molecule has 4 rings (SSSR count). The number of benzene rings is 3. The highest BCUT2D eigenvalue weighted by molar-refractivity contribution is 6.09. The maximum absolute atomic E-state index is 15.0. The Morgan fingerprint density at radius 1 is 0.837 bits per heavy atom. The second kappa shape index (κ2) is 13.9. The number of nitrogens with one attached hydrogen (secondary N) is 3. The van der Waals surface area contributed by atoms with E-state index < -0.39 is 5.82 Å². The lowest BCUT2D eigenvalue weighted by molar-refractivity contribution is 0.0939. The zero-order valence-electron chi connectivity index (χ0n) is 23.4. The summed E-state index contributed by atoms with van der Waals surface area (Å²) in [5.41, 5.74) is 28.6. The SMILES string of the molecule is NN/N=C(\N)c1cc(N)ccc1C(=O)NCCCCNC(=O)c1ccc(CCc2ccc3nc(N)nc(N)c3c2F)cc1. The average Bonchev–Trinajstić information content (AvgIpc) is 2.98. The normalized spacial score (nSPS) is 11.3. The number of rotatable bonds is 12. The molecule has 1 aromatic heterocycles. The van der Waals surface area contributed by atoms with Gasteiger partial charge in [-0.2, -0.15) is 4.98 Å². The van der Waals surface area contributed by atoms with Gasteiger partial charge in [0.05, 0.1) is 16.5 Å². The molecule has 0 atom stereocenters. The zero-order chi connectivity index (χ0) is 30.9. The number of aryl methyl sites for hydroxylation is 2. The lowest BCUT2D eigenvalue weighted by Crippen LogP contribution is -2.30. The number of unbranched alkanes of at least 4 members (excludes halogenated alkanes) is 1. The quantitative estimate of drug-likeness (QED) is 0.0295. The molecule has 0 bridgehead atoms. The van der Waals surface area contributed by atoms with Crippen LogP contribution in [0.4, 0.5) is 21.8 Å². The van der Waals surface area contributed by atoms with Gasteiger partial charge in [0.25, 0.3) is 11.8 Å². The summed E-state index contributed by atoms with van der Waals surface area (Å²) >= 11 is 0. The highest BCUT2D eigenvalue weighted by atomic mass is 19.1. The molecule has 0 radical (unpaired) electrons. The number of amidine groups is 1. The first-order valence-electron chi connectivity index (χ1n) is 13.5. The molecular weight excluding hydrogens is 553 g/mol. The number of amides is 2. The van der Waals surface area contributed by atoms with Crippen molar-refractivity contribution in [3.8, 4) is 0 Å². The van der Waals surface area contributed by atoms with Crippen LogP contribution in [0.2, 0.25) is 0 Å². The molecular formula is C29H34FN11O2. The van der Waals surface area contributed by atoms with Crippen LogP contribution in [0.3, 0.4) is 0 Å². The molecule has 3 aromatic carbocycles. The van der Waals surface area contributed by atoms with Crippen molar-refractivity contribution in [1.29, 1.82) is 0 Å². The van der Waals surface area contributed by atoms with E-state index in [1.165, 1.54) is 0 Å². The first-order chi connectivity index (χ1) is 20.7. The molecule has 0 saturated carbocycles. The van der Waals surface area contributed by atoms with Crippen LogP contribution in [0.5, 0.6) is 0 Å². The van der Waals surface area contributed by atoms with Crippen molar-refractivity contribution in [2.24, 2.45) is 16.7 Å². The summed E-state index contributed by atoms with van der Waals surface area (Å²) in [4.78, 5) is 33.1. The van der Waals surface area contributed by atoms with E-state index in [1.807, 2.05) is 12.1 Å². The predicted octanol–water partition coefficient (Wildman–Crippen LogP) is 1.32. The Morgan fingerprint density at radius 3 is 2.23 bits per heavy atom. The Hall–Kier alpha value is -5.50. The van der Waals surface area contributed by atoms with Crippen molar-refractivity contribution >= 4 is 46.0 Å². The first kappa shape index (κ1) is 30.5. The number of nitrogens with zero attached hydrogens (tertiary/aromatic N) is 3. The summed E-state index contributed by atoms with van der Waals surface area (Å²) in [5, 5.41) is 9.57. The molecule has 0 spiro atoms. The topological polar surface area (TPSA) is 238 Å². The number of aromatic nitrogens is 2. The molecule has 4 aromatic rings. The second-order valence-electron chi connectivity index (χ2n) is 9.75. The van der Waals surface area contributed by atoms with Crippen LogP contribution in [0.25, 0.3) is 10.9 Å². The molecule has 0 aliphatic heterocycles. The highest BCUT2D eigenvalue weighted by Gasteiger charge is 2.15. The van der Waals surface area contributed by atoms with Crippen molar-refractivity contribution in [3.05, 3.63) is 88.2 Å². The Morgan fingerprint density at radius 2 is 1.53 bits per heavy atom. The number of fused-ring (bicyclic) bond motifs is 1. The highest BCUT2D eigenvalue weighted by Crippen LogP contribution is 2.25. The van der Waals surface area contributed by atoms with Gasteiger partial charge in [-0.05, 0) is 73.2 Å². The van der Waals surface area contributed by atoms with E-state index in [2.05, 4.69) is 31.2 Å². The maximum Gasteiger partial charge on any atom is 0.252 e. The fourth-order valence-corrected chi connectivity index (χ4v) is 4.52. The van der Waals surface area contributed by atoms with Crippen molar-refractivity contribution in [2.75, 3.05) is 30.3 Å². The molecule has 2 amide bonds. The fraction of sp³-hybridized carbons (Fsp3) is 0.207. The van der Waals surface area contributed by atoms with Gasteiger partial charge in [0.15, 0.2) is 5.84 Å². The van der Waals surface area contributed by atoms with Crippen molar-refractivity contribution in [2.45, 2.75) is 25.7 Å². The third-order valence-electron chi connectivity index (χ3n) is 6.75. The van der Waals surface area contributed by atoms with Crippen LogP contribution in [-0.2, 0) is 12.8 Å². The third-order valence-corrected chi connectivity index (χ3v) is 6.75. The number of carbonyl (C=O) groups excluding carboxylic acids is 2. The van der Waals surface area contributed by atoms with E-state index in [9.17, 15) is 9.59 Å². The molecule has 13 nitrogen and oxygen atoms in total. The largest absolute Gasteiger partial charge is 0.399 e. The first-order valence-corrected chi connectivity index (χ1v) is 13.5. The number of anilines is 3. The Kier molecular flexibility index (Phi) is 9.85. The van der Waals surface area contributed by atoms with Crippen molar-refractivity contribution < 1.29 is 14.0 Å². The van der Waals surface area contributed by atoms with Gasteiger partial charge in [-0.25, -0.2) is 20.8 Å². The average molecular weight is 588 g/mol. The smallest absolute Gasteiger partial charge is 0.252 e. The monoisotopic (exact) mass is 587 g/mol. The number of halogens is 1. The molecule has 43 heavy (non-hydrogen) atoms. The minimum atomic E-state index is -0.459. The molecule has 224 valence electrons. The van der Waals surface area contributed by atoms with Gasteiger partial charge in [0, 0.05) is 29.9 Å². The predicted molar refractivity (Wildman–Crippen MR) is 165 cm³/mol. The van der Waals surface area contributed by atoms with Crippen molar-refractivity contribution in [1.82, 2.24) is 26.1 Å². The lowest BCUT2D eigenvalue weighted by Gasteiger charge is -2.11. The second-order valence-corrected chi connectivity index (χ2v) is 9.75. The van der Waals surface area contributed by atoms with E-state index in [1.54, 1.807) is 42.5 Å². The molecule has 0 saturated heterocycles. The number of nitrogen functional groups attached to an aromatic ring is 3. The van der Waals surface area contributed by atoms with E-state index in [0.29, 0.717) is 72.2 Å². The molecule has 0 aliphatic carbocycles. The van der Waals surface area contributed by atoms with Gasteiger partial charge >= 0.3 is 0 Å². The van der Waals surface area contributed by atoms with Crippen LogP contribution in [0.1, 0.15) is 50.2 Å². The molecule has 1 heterocycles. The number of hydrazine groups is 1. The van der Waals surface area contributed by atoms with Crippen LogP contribution in [-0.4, -0.2) is 40.7 Å². The fourth-order valence-electron chi connectivity index (χ4n) is 4.52. The minimum absolute atomic E-state index is 0.00564. The van der Waals surface area contributed by atoms with Gasteiger partial charge in [0.2, 0.25) is 5.95 Å². The van der Waals surface area contributed by atoms with E-state index >= 15 is 4.39 Å². The van der Waals surface area contributed by atoms with Crippen LogP contribution in [0, 0.1) is 5.82 Å². The zero-order valence-corrected chi connectivity index (χ0v) is 23.4. The maximum atomic E-state index is 15.0. The third kappa shape index (κ3) is 7.62. The van der Waals surface area contributed by atoms with Gasteiger partial charge in [0.1, 0.15) is 11.6 Å². The molecule has 0 aliphatic rings.